The first-order valence-electron chi connectivity index (χ1n) is 19.6. The lowest BCUT2D eigenvalue weighted by Crippen LogP contribution is -2.61. The summed E-state index contributed by atoms with van der Waals surface area (Å²) < 4.78 is 12.9. The number of fused-ring (bicyclic) bond motifs is 5. The summed E-state index contributed by atoms with van der Waals surface area (Å²) in [5.41, 5.74) is 16.5. The maximum atomic E-state index is 6.58. The van der Waals surface area contributed by atoms with E-state index in [1.54, 1.807) is 0 Å². The summed E-state index contributed by atoms with van der Waals surface area (Å²) in [7, 11) is 0. The molecule has 0 saturated carbocycles. The van der Waals surface area contributed by atoms with E-state index in [0.29, 0.717) is 19.1 Å². The molecule has 0 bridgehead atoms. The number of hydrogen-bond donors (Lipinski definition) is 0. The molecule has 0 spiro atoms. The summed E-state index contributed by atoms with van der Waals surface area (Å²) in [4.78, 5) is 5.02. The van der Waals surface area contributed by atoms with E-state index in [1.165, 1.54) is 67.1 Å². The normalized spacial score (nSPS) is 15.2. The molecular weight excluding hydrogens is 647 g/mol. The molecule has 0 fully saturated rings. The van der Waals surface area contributed by atoms with Gasteiger partial charge in [-0.25, -0.2) is 0 Å². The fraction of sp³-hybridized carbons (Fsp3) is 0.375. The van der Waals surface area contributed by atoms with E-state index in [2.05, 4.69) is 171 Å². The van der Waals surface area contributed by atoms with Crippen molar-refractivity contribution < 1.29 is 9.47 Å². The van der Waals surface area contributed by atoms with E-state index in [-0.39, 0.29) is 23.0 Å². The van der Waals surface area contributed by atoms with Crippen molar-refractivity contribution in [1.82, 2.24) is 0 Å². The summed E-state index contributed by atoms with van der Waals surface area (Å²) in [5, 5.41) is 0. The van der Waals surface area contributed by atoms with Crippen LogP contribution in [0.15, 0.2) is 91.0 Å². The van der Waals surface area contributed by atoms with Crippen LogP contribution in [0.2, 0.25) is 0 Å². The van der Waals surface area contributed by atoms with Gasteiger partial charge in [0.2, 0.25) is 0 Å². The molecule has 0 N–H and O–H groups in total. The van der Waals surface area contributed by atoms with Crippen molar-refractivity contribution in [3.8, 4) is 11.5 Å². The molecule has 0 amide bonds. The van der Waals surface area contributed by atoms with Crippen molar-refractivity contribution >= 4 is 57.2 Å². The number of ether oxygens (including phenoxy) is 2. The topological polar surface area (TPSA) is 24.9 Å². The van der Waals surface area contributed by atoms with Crippen molar-refractivity contribution in [1.29, 1.82) is 0 Å². The number of anilines is 6. The highest BCUT2D eigenvalue weighted by Crippen LogP contribution is 2.50. The van der Waals surface area contributed by atoms with Gasteiger partial charge >= 0.3 is 0 Å². The zero-order valence-corrected chi connectivity index (χ0v) is 33.6. The fourth-order valence-corrected chi connectivity index (χ4v) is 8.30. The van der Waals surface area contributed by atoms with E-state index in [9.17, 15) is 0 Å². The molecule has 0 unspecified atom stereocenters. The van der Waals surface area contributed by atoms with Gasteiger partial charge in [-0.1, -0.05) is 119 Å². The third-order valence-electron chi connectivity index (χ3n) is 11.5. The average molecular weight is 703 g/mol. The van der Waals surface area contributed by atoms with Crippen LogP contribution in [0.3, 0.4) is 0 Å². The number of benzene rings is 5. The van der Waals surface area contributed by atoms with Gasteiger partial charge in [0.1, 0.15) is 0 Å². The Hall–Kier alpha value is -4.64. The van der Waals surface area contributed by atoms with Crippen molar-refractivity contribution in [3.63, 3.8) is 0 Å². The van der Waals surface area contributed by atoms with Crippen LogP contribution in [0.5, 0.6) is 11.5 Å². The molecule has 53 heavy (non-hydrogen) atoms. The molecule has 272 valence electrons. The Kier molecular flexibility index (Phi) is 8.33. The molecule has 5 aromatic rings. The monoisotopic (exact) mass is 702 g/mol. The van der Waals surface area contributed by atoms with Crippen molar-refractivity contribution in [3.05, 3.63) is 113 Å². The van der Waals surface area contributed by atoms with Gasteiger partial charge in [-0.2, -0.15) is 0 Å². The molecule has 0 saturated heterocycles. The van der Waals surface area contributed by atoms with Gasteiger partial charge in [-0.05, 0) is 109 Å². The Morgan fingerprint density at radius 3 is 1.64 bits per heavy atom. The summed E-state index contributed by atoms with van der Waals surface area (Å²) in [6.07, 6.45) is 0.857. The van der Waals surface area contributed by atoms with Gasteiger partial charge in [0.25, 0.3) is 6.71 Å². The summed E-state index contributed by atoms with van der Waals surface area (Å²) in [6.45, 7) is 26.7. The summed E-state index contributed by atoms with van der Waals surface area (Å²) >= 11 is 0. The molecule has 3 aliphatic rings. The predicted molar refractivity (Wildman–Crippen MR) is 226 cm³/mol. The maximum absolute atomic E-state index is 6.58. The van der Waals surface area contributed by atoms with Gasteiger partial charge in [0, 0.05) is 34.9 Å². The van der Waals surface area contributed by atoms with Crippen LogP contribution in [-0.2, 0) is 16.2 Å². The molecule has 8 rings (SSSR count). The summed E-state index contributed by atoms with van der Waals surface area (Å²) in [5.74, 6) is 1.95. The lowest BCUT2D eigenvalue weighted by atomic mass is 9.33. The fourth-order valence-electron chi connectivity index (χ4n) is 8.30. The van der Waals surface area contributed by atoms with Crippen LogP contribution < -0.4 is 35.7 Å². The predicted octanol–water partition coefficient (Wildman–Crippen LogP) is 10.9. The van der Waals surface area contributed by atoms with E-state index >= 15 is 0 Å². The molecule has 0 radical (unpaired) electrons. The van der Waals surface area contributed by atoms with Gasteiger partial charge in [-0.15, -0.1) is 0 Å². The minimum absolute atomic E-state index is 0.00539. The van der Waals surface area contributed by atoms with Crippen LogP contribution in [0, 0.1) is 0 Å². The Morgan fingerprint density at radius 2 is 1.08 bits per heavy atom. The van der Waals surface area contributed by atoms with Crippen LogP contribution >= 0.6 is 0 Å². The first-order valence-corrected chi connectivity index (χ1v) is 19.6. The smallest absolute Gasteiger partial charge is 0.252 e. The number of para-hydroxylation sites is 1. The second-order valence-electron chi connectivity index (χ2n) is 18.7. The van der Waals surface area contributed by atoms with Crippen LogP contribution in [-0.4, -0.2) is 19.9 Å². The zero-order valence-electron chi connectivity index (χ0n) is 33.6. The Bertz CT molecular complexity index is 2220. The third-order valence-corrected chi connectivity index (χ3v) is 11.5. The molecule has 0 aromatic heterocycles. The van der Waals surface area contributed by atoms with E-state index in [0.717, 1.165) is 23.6 Å². The van der Waals surface area contributed by atoms with Crippen LogP contribution in [0.4, 0.5) is 34.1 Å². The molecule has 3 heterocycles. The second kappa shape index (κ2) is 12.5. The second-order valence-corrected chi connectivity index (χ2v) is 18.7. The molecule has 5 aromatic carbocycles. The van der Waals surface area contributed by atoms with Gasteiger partial charge in [-0.3, -0.25) is 0 Å². The van der Waals surface area contributed by atoms with Crippen molar-refractivity contribution in [2.75, 3.05) is 23.0 Å². The Morgan fingerprint density at radius 1 is 0.547 bits per heavy atom. The Labute approximate surface area is 318 Å². The number of hydrogen-bond acceptors (Lipinski definition) is 4. The first-order chi connectivity index (χ1) is 25.0. The largest absolute Gasteiger partial charge is 0.489 e. The first kappa shape index (κ1) is 35.4. The molecule has 5 heteroatoms. The standard InChI is InChI=1S/C48H55BN2O2/c1-30(2)31-26-41-44-42(27-31)51(40-14-12-15-43-45(40)53-25-13-24-52-43)39-23-19-34(48(9,10)11)29-37(39)49(44)36-28-33(47(6,7)8)18-22-38(36)50(41)35-20-16-32(17-21-35)46(3,4)5/h12,14-23,26-30H,13,24-25H2,1-11H3. The molecule has 0 atom stereocenters. The molecule has 0 aliphatic carbocycles. The minimum atomic E-state index is -0.0170. The number of nitrogens with zero attached hydrogens (tertiary/aromatic N) is 2. The average Bonchev–Trinajstić information content (AvgIpc) is 3.36. The SMILES string of the molecule is CC(C)c1cc2c3c(c1)N(c1cccc4c1OCCCO4)c1ccc(C(C)(C)C)cc1B3c1cc(C(C)(C)C)ccc1N2c1ccc(C(C)(C)C)cc1. The highest BCUT2D eigenvalue weighted by molar-refractivity contribution is 7.00. The van der Waals surface area contributed by atoms with Gasteiger partial charge in [0.05, 0.1) is 18.9 Å². The van der Waals surface area contributed by atoms with Crippen LogP contribution in [0.1, 0.15) is 111 Å². The molecule has 3 aliphatic heterocycles. The van der Waals surface area contributed by atoms with E-state index in [1.807, 2.05) is 6.07 Å². The van der Waals surface area contributed by atoms with Crippen molar-refractivity contribution in [2.45, 2.75) is 105 Å². The molecular formula is C48H55BN2O2. The van der Waals surface area contributed by atoms with Crippen LogP contribution in [0.25, 0.3) is 0 Å². The number of rotatable bonds is 3. The minimum Gasteiger partial charge on any atom is -0.489 e. The van der Waals surface area contributed by atoms with Gasteiger partial charge < -0.3 is 19.3 Å². The highest BCUT2D eigenvalue weighted by Gasteiger charge is 2.45. The van der Waals surface area contributed by atoms with E-state index < -0.39 is 0 Å². The summed E-state index contributed by atoms with van der Waals surface area (Å²) in [6, 6.07) is 35.0. The van der Waals surface area contributed by atoms with Gasteiger partial charge in [0.15, 0.2) is 11.5 Å². The zero-order chi connectivity index (χ0) is 37.6. The quantitative estimate of drug-likeness (QED) is 0.171. The van der Waals surface area contributed by atoms with Crippen molar-refractivity contribution in [2.24, 2.45) is 0 Å². The highest BCUT2D eigenvalue weighted by atomic mass is 16.5. The molecule has 4 nitrogen and oxygen atoms in total. The third kappa shape index (κ3) is 6.01. The lowest BCUT2D eigenvalue weighted by Gasteiger charge is -2.45. The van der Waals surface area contributed by atoms with E-state index in [4.69, 9.17) is 9.47 Å². The Balaban J connectivity index is 1.50. The maximum Gasteiger partial charge on any atom is 0.252 e. The lowest BCUT2D eigenvalue weighted by molar-refractivity contribution is 0.297.